The van der Waals surface area contributed by atoms with Crippen LogP contribution in [0.15, 0.2) is 60.3 Å². The Hall–Kier alpha value is -3.17. The lowest BCUT2D eigenvalue weighted by molar-refractivity contribution is 0.103. The van der Waals surface area contributed by atoms with Crippen LogP contribution in [0.5, 0.6) is 0 Å². The van der Waals surface area contributed by atoms with E-state index in [9.17, 15) is 4.79 Å². The fourth-order valence-corrected chi connectivity index (χ4v) is 4.77. The van der Waals surface area contributed by atoms with Crippen molar-refractivity contribution in [3.63, 3.8) is 0 Å². The van der Waals surface area contributed by atoms with Crippen LogP contribution in [0.25, 0.3) is 0 Å². The first-order valence-electron chi connectivity index (χ1n) is 11.8. The Morgan fingerprint density at radius 1 is 1.31 bits per heavy atom. The van der Waals surface area contributed by atoms with Gasteiger partial charge in [-0.15, -0.1) is 0 Å². The van der Waals surface area contributed by atoms with E-state index in [0.29, 0.717) is 20.7 Å². The van der Waals surface area contributed by atoms with E-state index >= 15 is 0 Å². The number of carbonyl (C=O) groups is 1. The average molecular weight is 512 g/mol. The smallest absolute Gasteiger partial charge is 0.267 e. The molecule has 0 spiro atoms. The minimum atomic E-state index is -0.226. The number of amidine groups is 1. The molecule has 10 heteroatoms. The Morgan fingerprint density at radius 3 is 3.03 bits per heavy atom. The number of benzene rings is 1. The fraction of sp³-hybridized carbons (Fsp3) is 0.360. The van der Waals surface area contributed by atoms with Crippen molar-refractivity contribution in [3.8, 4) is 0 Å². The zero-order chi connectivity index (χ0) is 24.5. The highest BCUT2D eigenvalue weighted by molar-refractivity contribution is 7.17. The first-order valence-corrected chi connectivity index (χ1v) is 13.0. The molecule has 0 saturated heterocycles. The highest BCUT2D eigenvalue weighted by atomic mass is 35.5. The number of unbranched alkanes of at least 4 members (excludes halogenated alkanes) is 3. The molecule has 0 saturated carbocycles. The van der Waals surface area contributed by atoms with Crippen molar-refractivity contribution < 1.29 is 4.79 Å². The number of aryl methyl sites for hydroxylation is 2. The molecule has 0 aliphatic carbocycles. The SMILES string of the molecule is Cc1cccc(Cl)c1NC(=O)c1cnc(NC2CC=CC(=NCCCCCCn3ccnc3)N2)s1. The number of imidazole rings is 1. The number of thiazole rings is 1. The topological polar surface area (TPSA) is 96.2 Å². The molecule has 35 heavy (non-hydrogen) atoms. The number of nitrogens with one attached hydrogen (secondary N) is 3. The summed E-state index contributed by atoms with van der Waals surface area (Å²) in [4.78, 5) is 26.3. The molecule has 0 radical (unpaired) electrons. The molecule has 1 aromatic carbocycles. The van der Waals surface area contributed by atoms with Gasteiger partial charge in [0.1, 0.15) is 16.9 Å². The molecule has 1 aliphatic heterocycles. The van der Waals surface area contributed by atoms with Gasteiger partial charge in [0.25, 0.3) is 5.91 Å². The van der Waals surface area contributed by atoms with Crippen LogP contribution in [0.1, 0.15) is 47.3 Å². The van der Waals surface area contributed by atoms with Crippen LogP contribution < -0.4 is 16.0 Å². The predicted octanol–water partition coefficient (Wildman–Crippen LogP) is 5.50. The van der Waals surface area contributed by atoms with Crippen LogP contribution >= 0.6 is 22.9 Å². The maximum Gasteiger partial charge on any atom is 0.267 e. The largest absolute Gasteiger partial charge is 0.350 e. The van der Waals surface area contributed by atoms with E-state index in [1.54, 1.807) is 12.3 Å². The number of rotatable bonds is 11. The molecule has 0 fully saturated rings. The fourth-order valence-electron chi connectivity index (χ4n) is 3.73. The summed E-state index contributed by atoms with van der Waals surface area (Å²) < 4.78 is 2.11. The van der Waals surface area contributed by atoms with Gasteiger partial charge >= 0.3 is 0 Å². The third-order valence-electron chi connectivity index (χ3n) is 5.62. The van der Waals surface area contributed by atoms with E-state index in [0.717, 1.165) is 50.2 Å². The Kier molecular flexibility index (Phi) is 8.91. The molecule has 3 N–H and O–H groups in total. The van der Waals surface area contributed by atoms with Gasteiger partial charge in [-0.25, -0.2) is 9.97 Å². The average Bonchev–Trinajstić information content (AvgIpc) is 3.54. The maximum atomic E-state index is 12.7. The Bertz CT molecular complexity index is 1150. The number of para-hydroxylation sites is 1. The van der Waals surface area contributed by atoms with Gasteiger partial charge in [-0.1, -0.05) is 54.0 Å². The normalized spacial score (nSPS) is 16.3. The van der Waals surface area contributed by atoms with Crippen LogP contribution in [0.3, 0.4) is 0 Å². The lowest BCUT2D eigenvalue weighted by atomic mass is 10.2. The molecule has 8 nitrogen and oxygen atoms in total. The minimum absolute atomic E-state index is 0.0261. The quantitative estimate of drug-likeness (QED) is 0.295. The van der Waals surface area contributed by atoms with Crippen LogP contribution in [0, 0.1) is 6.92 Å². The summed E-state index contributed by atoms with van der Waals surface area (Å²) in [7, 11) is 0. The third-order valence-corrected chi connectivity index (χ3v) is 6.87. The van der Waals surface area contributed by atoms with Crippen molar-refractivity contribution in [2.45, 2.75) is 51.7 Å². The van der Waals surface area contributed by atoms with Crippen molar-refractivity contribution in [1.82, 2.24) is 19.9 Å². The molecule has 3 aromatic rings. The summed E-state index contributed by atoms with van der Waals surface area (Å²) >= 11 is 7.54. The predicted molar refractivity (Wildman–Crippen MR) is 144 cm³/mol. The van der Waals surface area contributed by atoms with E-state index in [-0.39, 0.29) is 12.1 Å². The summed E-state index contributed by atoms with van der Waals surface area (Å²) in [6, 6.07) is 5.52. The molecule has 2 aromatic heterocycles. The van der Waals surface area contributed by atoms with Crippen LogP contribution in [-0.4, -0.2) is 39.0 Å². The van der Waals surface area contributed by atoms with Crippen LogP contribution in [-0.2, 0) is 6.54 Å². The Morgan fingerprint density at radius 2 is 2.20 bits per heavy atom. The number of anilines is 2. The number of halogens is 1. The third kappa shape index (κ3) is 7.40. The number of aliphatic imine (C=N–C) groups is 1. The molecule has 1 amide bonds. The van der Waals surface area contributed by atoms with Crippen LogP contribution in [0.2, 0.25) is 5.02 Å². The van der Waals surface area contributed by atoms with E-state index in [1.165, 1.54) is 17.8 Å². The summed E-state index contributed by atoms with van der Waals surface area (Å²) in [5, 5.41) is 10.8. The first kappa shape index (κ1) is 24.9. The molecule has 3 heterocycles. The molecular formula is C25H30ClN7OS. The van der Waals surface area contributed by atoms with Gasteiger partial charge in [0.2, 0.25) is 0 Å². The molecule has 4 rings (SSSR count). The van der Waals surface area contributed by atoms with Crippen molar-refractivity contribution in [2.75, 3.05) is 17.2 Å². The Labute approximate surface area is 214 Å². The number of aromatic nitrogens is 3. The van der Waals surface area contributed by atoms with E-state index in [4.69, 9.17) is 11.6 Å². The molecular weight excluding hydrogens is 482 g/mol. The summed E-state index contributed by atoms with van der Waals surface area (Å²) in [6.45, 7) is 3.73. The van der Waals surface area contributed by atoms with Crippen molar-refractivity contribution in [2.24, 2.45) is 4.99 Å². The highest BCUT2D eigenvalue weighted by Gasteiger charge is 2.17. The second-order valence-corrected chi connectivity index (χ2v) is 9.81. The zero-order valence-electron chi connectivity index (χ0n) is 19.7. The summed E-state index contributed by atoms with van der Waals surface area (Å²) in [6.07, 6.45) is 16.7. The van der Waals surface area contributed by atoms with Crippen LogP contribution in [0.4, 0.5) is 10.8 Å². The van der Waals surface area contributed by atoms with Gasteiger partial charge in [-0.3, -0.25) is 9.79 Å². The highest BCUT2D eigenvalue weighted by Crippen LogP contribution is 2.27. The second kappa shape index (κ2) is 12.5. The van der Waals surface area contributed by atoms with E-state index in [1.807, 2.05) is 43.9 Å². The van der Waals surface area contributed by atoms with Crippen molar-refractivity contribution >= 4 is 45.5 Å². The number of hydrogen-bond donors (Lipinski definition) is 3. The van der Waals surface area contributed by atoms with E-state index < -0.39 is 0 Å². The molecule has 184 valence electrons. The van der Waals surface area contributed by atoms with Gasteiger partial charge in [-0.05, 0) is 37.5 Å². The number of carbonyl (C=O) groups excluding carboxylic acids is 1. The number of hydrogen-bond acceptors (Lipinski definition) is 6. The molecule has 1 aliphatic rings. The Balaban J connectivity index is 1.20. The van der Waals surface area contributed by atoms with Gasteiger partial charge < -0.3 is 20.5 Å². The lowest BCUT2D eigenvalue weighted by Gasteiger charge is -2.22. The first-order chi connectivity index (χ1) is 17.1. The van der Waals surface area contributed by atoms with Gasteiger partial charge in [0.05, 0.1) is 23.2 Å². The van der Waals surface area contributed by atoms with E-state index in [2.05, 4.69) is 41.6 Å². The second-order valence-electron chi connectivity index (χ2n) is 8.38. The minimum Gasteiger partial charge on any atom is -0.350 e. The molecule has 0 bridgehead atoms. The monoisotopic (exact) mass is 511 g/mol. The number of nitrogens with zero attached hydrogens (tertiary/aromatic N) is 4. The molecule has 1 atom stereocenters. The maximum absolute atomic E-state index is 12.7. The van der Waals surface area contributed by atoms with Gasteiger partial charge in [0.15, 0.2) is 5.13 Å². The lowest BCUT2D eigenvalue weighted by Crippen LogP contribution is -2.41. The van der Waals surface area contributed by atoms with Gasteiger partial charge in [-0.2, -0.15) is 0 Å². The zero-order valence-corrected chi connectivity index (χ0v) is 21.3. The van der Waals surface area contributed by atoms with Crippen molar-refractivity contribution in [3.05, 3.63) is 70.7 Å². The standard InChI is InChI=1S/C25H30ClN7OS/c1-18-8-6-9-19(26)23(18)32-24(34)20-16-29-25(35-20)31-22-11-7-10-21(30-22)28-12-4-2-3-5-14-33-15-13-27-17-33/h6-10,13,15-17,22H,2-5,11-12,14H2,1H3,(H,28,30)(H,29,31)(H,32,34). The summed E-state index contributed by atoms with van der Waals surface area (Å²) in [5.74, 6) is 0.645. The summed E-state index contributed by atoms with van der Waals surface area (Å²) in [5.41, 5.74) is 1.54. The van der Waals surface area contributed by atoms with Crippen molar-refractivity contribution in [1.29, 1.82) is 0 Å². The van der Waals surface area contributed by atoms with Gasteiger partial charge in [0, 0.05) is 31.9 Å². The number of amides is 1. The molecule has 1 unspecified atom stereocenters.